The van der Waals surface area contributed by atoms with Crippen LogP contribution in [0.4, 0.5) is 0 Å². The third kappa shape index (κ3) is 1.21. The molecule has 0 aromatic heterocycles. The highest BCUT2D eigenvalue weighted by Crippen LogP contribution is 2.37. The molecule has 1 unspecified atom stereocenters. The normalized spacial score (nSPS) is 21.7. The number of hydrogen-bond donors (Lipinski definition) is 3. The van der Waals surface area contributed by atoms with Crippen molar-refractivity contribution in [2.24, 2.45) is 11.5 Å². The van der Waals surface area contributed by atoms with E-state index in [1.807, 2.05) is 24.3 Å². The molecule has 5 N–H and O–H groups in total. The molecule has 0 heterocycles. The maximum atomic E-state index is 11.4. The lowest BCUT2D eigenvalue weighted by molar-refractivity contribution is -0.141. The molecule has 1 aliphatic rings. The number of nitrogens with two attached hydrogens (primary N) is 2. The first-order chi connectivity index (χ1) is 8.54. The minimum absolute atomic E-state index is 0.407. The van der Waals surface area contributed by atoms with E-state index in [9.17, 15) is 9.90 Å². The van der Waals surface area contributed by atoms with Crippen LogP contribution < -0.4 is 11.5 Å². The first-order valence-electron chi connectivity index (χ1n) is 5.57. The Balaban J connectivity index is 2.50. The smallest absolute Gasteiger partial charge is 0.332 e. The summed E-state index contributed by atoms with van der Waals surface area (Å²) in [5.74, 6) is -1.10. The Labute approximate surface area is 104 Å². The molecular formula is C14H12N2O2. The van der Waals surface area contributed by atoms with E-state index < -0.39 is 11.5 Å². The Morgan fingerprint density at radius 2 is 1.83 bits per heavy atom. The van der Waals surface area contributed by atoms with Gasteiger partial charge in [-0.25, -0.2) is 4.79 Å². The van der Waals surface area contributed by atoms with Gasteiger partial charge in [-0.1, -0.05) is 36.4 Å². The molecule has 0 fully saturated rings. The van der Waals surface area contributed by atoms with Crippen molar-refractivity contribution in [2.45, 2.75) is 5.54 Å². The Bertz CT molecular complexity index is 701. The predicted molar refractivity (Wildman–Crippen MR) is 69.6 cm³/mol. The fourth-order valence-corrected chi connectivity index (χ4v) is 2.50. The van der Waals surface area contributed by atoms with E-state index in [4.69, 9.17) is 11.5 Å². The molecule has 2 aromatic rings. The van der Waals surface area contributed by atoms with Crippen molar-refractivity contribution in [2.75, 3.05) is 0 Å². The molecule has 1 aliphatic carbocycles. The topological polar surface area (TPSA) is 89.3 Å². The van der Waals surface area contributed by atoms with E-state index in [2.05, 4.69) is 0 Å². The monoisotopic (exact) mass is 240 g/mol. The summed E-state index contributed by atoms with van der Waals surface area (Å²) in [4.78, 5) is 11.4. The Morgan fingerprint density at radius 3 is 2.50 bits per heavy atom. The third-order valence-corrected chi connectivity index (χ3v) is 3.40. The summed E-state index contributed by atoms with van der Waals surface area (Å²) in [6, 6.07) is 11.2. The zero-order chi connectivity index (χ0) is 12.9. The molecule has 4 heteroatoms. The van der Waals surface area contributed by atoms with Crippen molar-refractivity contribution in [3.05, 3.63) is 53.6 Å². The highest BCUT2D eigenvalue weighted by atomic mass is 16.4. The van der Waals surface area contributed by atoms with Crippen LogP contribution in [0.5, 0.6) is 0 Å². The minimum atomic E-state index is -1.56. The molecule has 3 rings (SSSR count). The predicted octanol–water partition coefficient (Wildman–Crippen LogP) is 1.39. The van der Waals surface area contributed by atoms with Gasteiger partial charge in [0.2, 0.25) is 0 Å². The van der Waals surface area contributed by atoms with Gasteiger partial charge in [0.05, 0.1) is 0 Å². The van der Waals surface area contributed by atoms with Gasteiger partial charge in [0, 0.05) is 11.3 Å². The van der Waals surface area contributed by atoms with Crippen LogP contribution in [0.25, 0.3) is 16.5 Å². The van der Waals surface area contributed by atoms with Crippen molar-refractivity contribution in [3.63, 3.8) is 0 Å². The molecule has 0 radical (unpaired) electrons. The van der Waals surface area contributed by atoms with Crippen LogP contribution in [0, 0.1) is 0 Å². The van der Waals surface area contributed by atoms with Crippen molar-refractivity contribution < 1.29 is 9.90 Å². The van der Waals surface area contributed by atoms with Gasteiger partial charge in [-0.2, -0.15) is 0 Å². The first-order valence-corrected chi connectivity index (χ1v) is 5.57. The van der Waals surface area contributed by atoms with Gasteiger partial charge in [-0.3, -0.25) is 0 Å². The summed E-state index contributed by atoms with van der Waals surface area (Å²) < 4.78 is 0. The lowest BCUT2D eigenvalue weighted by Crippen LogP contribution is -2.45. The molecule has 0 bridgehead atoms. The average Bonchev–Trinajstić information content (AvgIpc) is 2.35. The molecule has 18 heavy (non-hydrogen) atoms. The molecule has 0 amide bonds. The lowest BCUT2D eigenvalue weighted by Gasteiger charge is -2.29. The number of rotatable bonds is 1. The first kappa shape index (κ1) is 10.8. The standard InChI is InChI=1S/C14H12N2O2/c15-11-7-14(16,13(17)18)10-6-2-4-8-3-1-5-9(11)12(8)10/h1-7H,15-16H2,(H,17,18). The van der Waals surface area contributed by atoms with Crippen LogP contribution in [0.1, 0.15) is 11.1 Å². The third-order valence-electron chi connectivity index (χ3n) is 3.40. The molecule has 2 aromatic carbocycles. The number of aliphatic carboxylic acids is 1. The molecule has 4 nitrogen and oxygen atoms in total. The Hall–Kier alpha value is -2.33. The molecule has 1 atom stereocenters. The molecular weight excluding hydrogens is 228 g/mol. The van der Waals surface area contributed by atoms with Crippen molar-refractivity contribution in [3.8, 4) is 0 Å². The zero-order valence-corrected chi connectivity index (χ0v) is 9.55. The van der Waals surface area contributed by atoms with Gasteiger partial charge in [-0.15, -0.1) is 0 Å². The summed E-state index contributed by atoms with van der Waals surface area (Å²) in [6.07, 6.45) is 1.41. The fourth-order valence-electron chi connectivity index (χ4n) is 2.50. The summed E-state index contributed by atoms with van der Waals surface area (Å²) in [5.41, 5.74) is 12.2. The van der Waals surface area contributed by atoms with Crippen LogP contribution in [0.15, 0.2) is 42.5 Å². The maximum absolute atomic E-state index is 11.4. The van der Waals surface area contributed by atoms with Crippen LogP contribution >= 0.6 is 0 Å². The summed E-state index contributed by atoms with van der Waals surface area (Å²) in [5, 5.41) is 11.1. The van der Waals surface area contributed by atoms with Gasteiger partial charge >= 0.3 is 5.97 Å². The summed E-state index contributed by atoms with van der Waals surface area (Å²) in [7, 11) is 0. The van der Waals surface area contributed by atoms with E-state index in [0.717, 1.165) is 16.3 Å². The maximum Gasteiger partial charge on any atom is 0.332 e. The van der Waals surface area contributed by atoms with Gasteiger partial charge < -0.3 is 16.6 Å². The van der Waals surface area contributed by atoms with E-state index in [0.29, 0.717) is 11.3 Å². The van der Waals surface area contributed by atoms with Gasteiger partial charge in [0.15, 0.2) is 5.54 Å². The highest BCUT2D eigenvalue weighted by Gasteiger charge is 2.38. The van der Waals surface area contributed by atoms with Crippen molar-refractivity contribution in [1.29, 1.82) is 0 Å². The van der Waals surface area contributed by atoms with Gasteiger partial charge in [0.25, 0.3) is 0 Å². The number of carboxylic acids is 1. The van der Waals surface area contributed by atoms with E-state index in [-0.39, 0.29) is 0 Å². The minimum Gasteiger partial charge on any atom is -0.479 e. The number of carboxylic acid groups (broad SMARTS) is 1. The fraction of sp³-hybridized carbons (Fsp3) is 0.0714. The number of carbonyl (C=O) groups is 1. The van der Waals surface area contributed by atoms with Crippen molar-refractivity contribution in [1.82, 2.24) is 0 Å². The van der Waals surface area contributed by atoms with Crippen LogP contribution in [-0.4, -0.2) is 11.1 Å². The zero-order valence-electron chi connectivity index (χ0n) is 9.55. The second kappa shape index (κ2) is 3.34. The molecule has 0 aliphatic heterocycles. The Kier molecular flexibility index (Phi) is 2.00. The lowest BCUT2D eigenvalue weighted by atomic mass is 9.80. The van der Waals surface area contributed by atoms with Crippen LogP contribution in [0.3, 0.4) is 0 Å². The summed E-state index contributed by atoms with van der Waals surface area (Å²) in [6.45, 7) is 0. The second-order valence-electron chi connectivity index (χ2n) is 4.48. The second-order valence-corrected chi connectivity index (χ2v) is 4.48. The SMILES string of the molecule is NC1=CC(N)(C(=O)O)c2cccc3cccc1c23. The summed E-state index contributed by atoms with van der Waals surface area (Å²) >= 11 is 0. The van der Waals surface area contributed by atoms with E-state index in [1.165, 1.54) is 6.08 Å². The highest BCUT2D eigenvalue weighted by molar-refractivity contribution is 6.03. The van der Waals surface area contributed by atoms with Gasteiger partial charge in [0.1, 0.15) is 0 Å². The number of benzene rings is 2. The number of hydrogen-bond acceptors (Lipinski definition) is 3. The van der Waals surface area contributed by atoms with Crippen LogP contribution in [0.2, 0.25) is 0 Å². The molecule has 0 saturated carbocycles. The van der Waals surface area contributed by atoms with E-state index >= 15 is 0 Å². The van der Waals surface area contributed by atoms with Crippen LogP contribution in [-0.2, 0) is 10.3 Å². The average molecular weight is 240 g/mol. The van der Waals surface area contributed by atoms with Gasteiger partial charge in [-0.05, 0) is 22.4 Å². The van der Waals surface area contributed by atoms with Crippen molar-refractivity contribution >= 4 is 22.4 Å². The largest absolute Gasteiger partial charge is 0.479 e. The molecule has 90 valence electrons. The molecule has 0 spiro atoms. The Morgan fingerprint density at radius 1 is 1.17 bits per heavy atom. The molecule has 0 saturated heterocycles. The van der Waals surface area contributed by atoms with E-state index in [1.54, 1.807) is 12.1 Å². The quantitative estimate of drug-likeness (QED) is 0.702.